The van der Waals surface area contributed by atoms with Crippen molar-refractivity contribution in [2.75, 3.05) is 13.7 Å². The van der Waals surface area contributed by atoms with Gasteiger partial charge >= 0.3 is 0 Å². The zero-order chi connectivity index (χ0) is 17.6. The summed E-state index contributed by atoms with van der Waals surface area (Å²) in [5.74, 6) is 1.46. The molecule has 1 aromatic carbocycles. The summed E-state index contributed by atoms with van der Waals surface area (Å²) in [6, 6.07) is 11.5. The van der Waals surface area contributed by atoms with E-state index in [0.717, 1.165) is 27.4 Å². The highest BCUT2D eigenvalue weighted by molar-refractivity contribution is 7.07. The predicted octanol–water partition coefficient (Wildman–Crippen LogP) is 4.18. The molecule has 0 fully saturated rings. The third-order valence-electron chi connectivity index (χ3n) is 3.40. The summed E-state index contributed by atoms with van der Waals surface area (Å²) in [6.07, 6.45) is 3.29. The van der Waals surface area contributed by atoms with Crippen LogP contribution in [-0.4, -0.2) is 24.5 Å². The van der Waals surface area contributed by atoms with Gasteiger partial charge in [-0.25, -0.2) is 4.68 Å². The van der Waals surface area contributed by atoms with Gasteiger partial charge in [-0.15, -0.1) is 11.3 Å². The van der Waals surface area contributed by atoms with Gasteiger partial charge in [-0.05, 0) is 31.2 Å². The van der Waals surface area contributed by atoms with Gasteiger partial charge in [-0.3, -0.25) is 4.99 Å². The summed E-state index contributed by atoms with van der Waals surface area (Å²) in [7, 11) is 1.66. The Bertz CT molecular complexity index is 949. The molecule has 0 aliphatic carbocycles. The fourth-order valence-electron chi connectivity index (χ4n) is 2.24. The standard InChI is InChI=1S/C19H19N3O2S/c1-14(2)11-20-19-22(21-12-15-7-6-10-24-15)17(13-25-19)16-8-4-5-9-18(16)23-3/h4-10,12-13H,1,11H2,2-3H3. The maximum absolute atomic E-state index is 5.49. The summed E-state index contributed by atoms with van der Waals surface area (Å²) < 4.78 is 12.6. The molecule has 0 spiro atoms. The van der Waals surface area contributed by atoms with Crippen molar-refractivity contribution in [3.8, 4) is 17.0 Å². The number of thiazole rings is 1. The Kier molecular flexibility index (Phi) is 5.30. The zero-order valence-corrected chi connectivity index (χ0v) is 15.0. The zero-order valence-electron chi connectivity index (χ0n) is 14.2. The van der Waals surface area contributed by atoms with E-state index in [4.69, 9.17) is 9.15 Å². The van der Waals surface area contributed by atoms with E-state index in [1.54, 1.807) is 24.3 Å². The highest BCUT2D eigenvalue weighted by Gasteiger charge is 2.12. The number of aromatic nitrogens is 1. The first kappa shape index (κ1) is 17.0. The van der Waals surface area contributed by atoms with Crippen molar-refractivity contribution < 1.29 is 9.15 Å². The fraction of sp³-hybridized carbons (Fsp3) is 0.158. The van der Waals surface area contributed by atoms with Crippen LogP contribution in [0.4, 0.5) is 0 Å². The minimum atomic E-state index is 0.558. The third kappa shape index (κ3) is 3.97. The summed E-state index contributed by atoms with van der Waals surface area (Å²) in [6.45, 7) is 6.42. The number of hydrogen-bond acceptors (Lipinski definition) is 5. The molecular formula is C19H19N3O2S. The number of benzene rings is 1. The quantitative estimate of drug-likeness (QED) is 0.493. The molecule has 0 aliphatic rings. The first-order chi connectivity index (χ1) is 12.2. The van der Waals surface area contributed by atoms with Crippen LogP contribution in [0.2, 0.25) is 0 Å². The number of nitrogens with zero attached hydrogens (tertiary/aromatic N) is 3. The average molecular weight is 353 g/mol. The van der Waals surface area contributed by atoms with E-state index < -0.39 is 0 Å². The molecule has 0 saturated carbocycles. The van der Waals surface area contributed by atoms with Gasteiger partial charge in [0.05, 0.1) is 31.8 Å². The Morgan fingerprint density at radius 3 is 2.88 bits per heavy atom. The van der Waals surface area contributed by atoms with E-state index in [1.807, 2.05) is 48.7 Å². The minimum Gasteiger partial charge on any atom is -0.496 e. The molecule has 0 amide bonds. The van der Waals surface area contributed by atoms with Gasteiger partial charge in [-0.1, -0.05) is 24.3 Å². The first-order valence-corrected chi connectivity index (χ1v) is 8.63. The number of furan rings is 1. The molecule has 0 saturated heterocycles. The van der Waals surface area contributed by atoms with E-state index in [2.05, 4.69) is 16.7 Å². The molecule has 0 radical (unpaired) electrons. The SMILES string of the molecule is C=C(C)CN=c1scc(-c2ccccc2OC)n1N=Cc1ccco1. The van der Waals surface area contributed by atoms with Crippen molar-refractivity contribution in [1.82, 2.24) is 4.68 Å². The molecule has 6 heteroatoms. The topological polar surface area (TPSA) is 52.0 Å². The first-order valence-electron chi connectivity index (χ1n) is 7.75. The van der Waals surface area contributed by atoms with Gasteiger partial charge in [0, 0.05) is 10.9 Å². The van der Waals surface area contributed by atoms with Crippen LogP contribution in [0.25, 0.3) is 11.3 Å². The highest BCUT2D eigenvalue weighted by Crippen LogP contribution is 2.29. The lowest BCUT2D eigenvalue weighted by Gasteiger charge is -2.08. The molecule has 5 nitrogen and oxygen atoms in total. The van der Waals surface area contributed by atoms with Gasteiger partial charge in [0.1, 0.15) is 11.5 Å². The molecule has 0 aliphatic heterocycles. The van der Waals surface area contributed by atoms with Crippen LogP contribution in [0.5, 0.6) is 5.75 Å². The second-order valence-electron chi connectivity index (χ2n) is 5.45. The number of methoxy groups -OCH3 is 1. The smallest absolute Gasteiger partial charge is 0.206 e. The predicted molar refractivity (Wildman–Crippen MR) is 101 cm³/mol. The molecule has 0 bridgehead atoms. The van der Waals surface area contributed by atoms with Crippen molar-refractivity contribution in [1.29, 1.82) is 0 Å². The Labute approximate surface area is 150 Å². The van der Waals surface area contributed by atoms with E-state index in [9.17, 15) is 0 Å². The van der Waals surface area contributed by atoms with Gasteiger partial charge < -0.3 is 9.15 Å². The second-order valence-corrected chi connectivity index (χ2v) is 6.29. The summed E-state index contributed by atoms with van der Waals surface area (Å²) in [5.41, 5.74) is 2.86. The van der Waals surface area contributed by atoms with E-state index in [1.165, 1.54) is 11.3 Å². The van der Waals surface area contributed by atoms with Crippen LogP contribution in [0, 0.1) is 0 Å². The number of rotatable bonds is 6. The normalized spacial score (nSPS) is 12.0. The number of ether oxygens (including phenoxy) is 1. The van der Waals surface area contributed by atoms with Crippen molar-refractivity contribution in [2.45, 2.75) is 6.92 Å². The Balaban J connectivity index is 2.12. The van der Waals surface area contributed by atoms with Crippen molar-refractivity contribution in [2.24, 2.45) is 10.1 Å². The maximum Gasteiger partial charge on any atom is 0.206 e. The lowest BCUT2D eigenvalue weighted by atomic mass is 10.1. The molecule has 2 aromatic heterocycles. The van der Waals surface area contributed by atoms with Gasteiger partial charge in [0.25, 0.3) is 0 Å². The lowest BCUT2D eigenvalue weighted by Crippen LogP contribution is -2.13. The summed E-state index contributed by atoms with van der Waals surface area (Å²) in [4.78, 5) is 5.39. The summed E-state index contributed by atoms with van der Waals surface area (Å²) >= 11 is 1.52. The van der Waals surface area contributed by atoms with Crippen molar-refractivity contribution >= 4 is 17.6 Å². The molecule has 2 heterocycles. The molecule has 0 atom stereocenters. The van der Waals surface area contributed by atoms with Crippen LogP contribution < -0.4 is 9.54 Å². The molecule has 0 N–H and O–H groups in total. The van der Waals surface area contributed by atoms with E-state index in [0.29, 0.717) is 12.3 Å². The molecule has 0 unspecified atom stereocenters. The van der Waals surface area contributed by atoms with Crippen LogP contribution in [0.1, 0.15) is 12.7 Å². The Morgan fingerprint density at radius 2 is 2.16 bits per heavy atom. The monoisotopic (exact) mass is 353 g/mol. The molecule has 3 aromatic rings. The third-order valence-corrected chi connectivity index (χ3v) is 4.25. The van der Waals surface area contributed by atoms with Crippen LogP contribution >= 0.6 is 11.3 Å². The fourth-order valence-corrected chi connectivity index (χ4v) is 3.07. The van der Waals surface area contributed by atoms with Crippen LogP contribution in [0.15, 0.2) is 74.7 Å². The lowest BCUT2D eigenvalue weighted by molar-refractivity contribution is 0.416. The maximum atomic E-state index is 5.49. The van der Waals surface area contributed by atoms with Crippen molar-refractivity contribution in [3.05, 3.63) is 70.8 Å². The molecular weight excluding hydrogens is 334 g/mol. The summed E-state index contributed by atoms with van der Waals surface area (Å²) in [5, 5.41) is 6.59. The van der Waals surface area contributed by atoms with E-state index in [-0.39, 0.29) is 0 Å². The van der Waals surface area contributed by atoms with Crippen LogP contribution in [0.3, 0.4) is 0 Å². The van der Waals surface area contributed by atoms with Gasteiger partial charge in [0.2, 0.25) is 4.80 Å². The molecule has 3 rings (SSSR count). The molecule has 128 valence electrons. The average Bonchev–Trinajstić information content (AvgIpc) is 3.27. The van der Waals surface area contributed by atoms with E-state index >= 15 is 0 Å². The Morgan fingerprint density at radius 1 is 1.32 bits per heavy atom. The van der Waals surface area contributed by atoms with Crippen molar-refractivity contribution in [3.63, 3.8) is 0 Å². The Hall–Kier alpha value is -2.86. The van der Waals surface area contributed by atoms with Gasteiger partial charge in [0.15, 0.2) is 0 Å². The number of hydrogen-bond donors (Lipinski definition) is 0. The van der Waals surface area contributed by atoms with Crippen LogP contribution in [-0.2, 0) is 0 Å². The molecule has 25 heavy (non-hydrogen) atoms. The van der Waals surface area contributed by atoms with Gasteiger partial charge in [-0.2, -0.15) is 5.10 Å². The number of para-hydroxylation sites is 1. The second kappa shape index (κ2) is 7.81. The highest BCUT2D eigenvalue weighted by atomic mass is 32.1. The largest absolute Gasteiger partial charge is 0.496 e. The minimum absolute atomic E-state index is 0.558.